The first kappa shape index (κ1) is 19.3. The van der Waals surface area contributed by atoms with E-state index < -0.39 is 5.91 Å². The zero-order valence-corrected chi connectivity index (χ0v) is 15.7. The summed E-state index contributed by atoms with van der Waals surface area (Å²) in [5, 5.41) is 14.2. The van der Waals surface area contributed by atoms with Crippen molar-refractivity contribution < 1.29 is 14.0 Å². The summed E-state index contributed by atoms with van der Waals surface area (Å²) in [7, 11) is 0. The summed E-state index contributed by atoms with van der Waals surface area (Å²) < 4.78 is 5.38. The standard InChI is InChI=1S/C20H23N3O3/c1-12-13(2)26-19(16(12)10-21)23-17(24)11-22-18(25)14-6-8-15(9-7-14)20(3,4)5/h6-9H,11H2,1-5H3,(H,22,25)(H,23,24). The molecular weight excluding hydrogens is 330 g/mol. The predicted molar refractivity (Wildman–Crippen MR) is 99.0 cm³/mol. The number of furan rings is 1. The number of anilines is 1. The molecule has 0 saturated heterocycles. The molecule has 1 aromatic carbocycles. The van der Waals surface area contributed by atoms with E-state index in [-0.39, 0.29) is 23.8 Å². The second-order valence-electron chi connectivity index (χ2n) is 7.16. The lowest BCUT2D eigenvalue weighted by atomic mass is 9.87. The Morgan fingerprint density at radius 2 is 1.77 bits per heavy atom. The Morgan fingerprint density at radius 3 is 2.31 bits per heavy atom. The number of benzene rings is 1. The van der Waals surface area contributed by atoms with Crippen LogP contribution in [-0.2, 0) is 10.2 Å². The monoisotopic (exact) mass is 353 g/mol. The summed E-state index contributed by atoms with van der Waals surface area (Å²) in [5.41, 5.74) is 2.59. The fourth-order valence-electron chi connectivity index (χ4n) is 2.40. The minimum atomic E-state index is -0.463. The number of carbonyl (C=O) groups is 2. The first-order chi connectivity index (χ1) is 12.1. The molecule has 0 aliphatic heterocycles. The maximum atomic E-state index is 12.2. The van der Waals surface area contributed by atoms with Crippen molar-refractivity contribution in [2.45, 2.75) is 40.0 Å². The van der Waals surface area contributed by atoms with Gasteiger partial charge in [-0.05, 0) is 37.0 Å². The molecule has 1 aromatic heterocycles. The molecule has 0 aliphatic rings. The third kappa shape index (κ3) is 4.31. The van der Waals surface area contributed by atoms with Crippen LogP contribution in [0.5, 0.6) is 0 Å². The highest BCUT2D eigenvalue weighted by Gasteiger charge is 2.18. The predicted octanol–water partition coefficient (Wildman–Crippen LogP) is 3.43. The highest BCUT2D eigenvalue weighted by atomic mass is 16.4. The molecule has 6 nitrogen and oxygen atoms in total. The minimum Gasteiger partial charge on any atom is -0.444 e. The average Bonchev–Trinajstić information content (AvgIpc) is 2.85. The van der Waals surface area contributed by atoms with Crippen molar-refractivity contribution in [1.82, 2.24) is 5.32 Å². The second kappa shape index (κ2) is 7.44. The molecule has 0 bridgehead atoms. The Balaban J connectivity index is 1.96. The fourth-order valence-corrected chi connectivity index (χ4v) is 2.40. The van der Waals surface area contributed by atoms with Crippen molar-refractivity contribution in [2.75, 3.05) is 11.9 Å². The normalized spacial score (nSPS) is 10.9. The smallest absolute Gasteiger partial charge is 0.251 e. The van der Waals surface area contributed by atoms with E-state index in [1.165, 1.54) is 0 Å². The maximum absolute atomic E-state index is 12.2. The first-order valence-electron chi connectivity index (χ1n) is 8.32. The van der Waals surface area contributed by atoms with Gasteiger partial charge in [-0.2, -0.15) is 5.26 Å². The highest BCUT2D eigenvalue weighted by Crippen LogP contribution is 2.25. The van der Waals surface area contributed by atoms with E-state index in [0.29, 0.717) is 22.5 Å². The number of nitrogens with zero attached hydrogens (tertiary/aromatic N) is 1. The molecule has 136 valence electrons. The molecule has 0 spiro atoms. The van der Waals surface area contributed by atoms with E-state index >= 15 is 0 Å². The van der Waals surface area contributed by atoms with Gasteiger partial charge in [0.15, 0.2) is 0 Å². The highest BCUT2D eigenvalue weighted by molar-refractivity contribution is 5.99. The molecule has 0 unspecified atom stereocenters. The molecule has 6 heteroatoms. The van der Waals surface area contributed by atoms with Crippen molar-refractivity contribution in [1.29, 1.82) is 5.26 Å². The van der Waals surface area contributed by atoms with Crippen LogP contribution in [0, 0.1) is 25.2 Å². The molecule has 26 heavy (non-hydrogen) atoms. The third-order valence-electron chi connectivity index (χ3n) is 4.17. The van der Waals surface area contributed by atoms with Gasteiger partial charge in [-0.15, -0.1) is 0 Å². The Kier molecular flexibility index (Phi) is 5.51. The number of nitriles is 1. The van der Waals surface area contributed by atoms with Gasteiger partial charge < -0.3 is 9.73 Å². The molecule has 2 aromatic rings. The van der Waals surface area contributed by atoms with Crippen LogP contribution in [-0.4, -0.2) is 18.4 Å². The molecule has 0 radical (unpaired) electrons. The summed E-state index contributed by atoms with van der Waals surface area (Å²) in [6.07, 6.45) is 0. The summed E-state index contributed by atoms with van der Waals surface area (Å²) in [6, 6.07) is 9.29. The van der Waals surface area contributed by atoms with Gasteiger partial charge in [-0.25, -0.2) is 0 Å². The van der Waals surface area contributed by atoms with Crippen molar-refractivity contribution in [2.24, 2.45) is 0 Å². The number of nitrogens with one attached hydrogen (secondary N) is 2. The van der Waals surface area contributed by atoms with Gasteiger partial charge in [0.2, 0.25) is 11.8 Å². The van der Waals surface area contributed by atoms with Crippen LogP contribution >= 0.6 is 0 Å². The van der Waals surface area contributed by atoms with E-state index in [9.17, 15) is 9.59 Å². The van der Waals surface area contributed by atoms with E-state index in [0.717, 1.165) is 5.56 Å². The van der Waals surface area contributed by atoms with Crippen LogP contribution in [0.1, 0.15) is 53.6 Å². The van der Waals surface area contributed by atoms with Crippen molar-refractivity contribution in [3.63, 3.8) is 0 Å². The number of aryl methyl sites for hydroxylation is 1. The number of amides is 2. The van der Waals surface area contributed by atoms with Gasteiger partial charge in [0.05, 0.1) is 6.54 Å². The Hall–Kier alpha value is -3.07. The van der Waals surface area contributed by atoms with Gasteiger partial charge in [0, 0.05) is 11.1 Å². The zero-order chi connectivity index (χ0) is 19.5. The Morgan fingerprint density at radius 1 is 1.15 bits per heavy atom. The topological polar surface area (TPSA) is 95.1 Å². The van der Waals surface area contributed by atoms with E-state index in [1.54, 1.807) is 26.0 Å². The molecule has 2 rings (SSSR count). The van der Waals surface area contributed by atoms with Gasteiger partial charge in [-0.3, -0.25) is 14.9 Å². The van der Waals surface area contributed by atoms with Crippen LogP contribution in [0.4, 0.5) is 5.88 Å². The fraction of sp³-hybridized carbons (Fsp3) is 0.350. The van der Waals surface area contributed by atoms with E-state index in [4.69, 9.17) is 9.68 Å². The van der Waals surface area contributed by atoms with Crippen LogP contribution in [0.3, 0.4) is 0 Å². The SMILES string of the molecule is Cc1oc(NC(=O)CNC(=O)c2ccc(C(C)(C)C)cc2)c(C#N)c1C. The van der Waals surface area contributed by atoms with Crippen molar-refractivity contribution >= 4 is 17.7 Å². The molecular formula is C20H23N3O3. The molecule has 1 heterocycles. The van der Waals surface area contributed by atoms with Gasteiger partial charge in [0.25, 0.3) is 5.91 Å². The van der Waals surface area contributed by atoms with Gasteiger partial charge >= 0.3 is 0 Å². The van der Waals surface area contributed by atoms with Gasteiger partial charge in [0.1, 0.15) is 17.4 Å². The van der Waals surface area contributed by atoms with Crippen LogP contribution in [0.15, 0.2) is 28.7 Å². The zero-order valence-electron chi connectivity index (χ0n) is 15.7. The number of carbonyl (C=O) groups excluding carboxylic acids is 2. The first-order valence-corrected chi connectivity index (χ1v) is 8.32. The third-order valence-corrected chi connectivity index (χ3v) is 4.17. The van der Waals surface area contributed by atoms with Crippen LogP contribution in [0.25, 0.3) is 0 Å². The lowest BCUT2D eigenvalue weighted by Gasteiger charge is -2.19. The van der Waals surface area contributed by atoms with Crippen LogP contribution < -0.4 is 10.6 Å². The molecule has 2 N–H and O–H groups in total. The number of hydrogen-bond donors (Lipinski definition) is 2. The van der Waals surface area contributed by atoms with E-state index in [2.05, 4.69) is 31.4 Å². The average molecular weight is 353 g/mol. The molecule has 0 saturated carbocycles. The second-order valence-corrected chi connectivity index (χ2v) is 7.16. The quantitative estimate of drug-likeness (QED) is 0.880. The summed E-state index contributed by atoms with van der Waals surface area (Å²) in [6.45, 7) is 9.54. The van der Waals surface area contributed by atoms with E-state index in [1.807, 2.05) is 18.2 Å². The molecule has 0 atom stereocenters. The Bertz CT molecular complexity index is 865. The maximum Gasteiger partial charge on any atom is 0.251 e. The Labute approximate surface area is 153 Å². The number of rotatable bonds is 4. The minimum absolute atomic E-state index is 0.00659. The lowest BCUT2D eigenvalue weighted by Crippen LogP contribution is -2.33. The van der Waals surface area contributed by atoms with Crippen LogP contribution in [0.2, 0.25) is 0 Å². The lowest BCUT2D eigenvalue weighted by molar-refractivity contribution is -0.115. The largest absolute Gasteiger partial charge is 0.444 e. The molecule has 0 fully saturated rings. The molecule has 2 amide bonds. The summed E-state index contributed by atoms with van der Waals surface area (Å²) >= 11 is 0. The van der Waals surface area contributed by atoms with Crippen molar-refractivity contribution in [3.05, 3.63) is 52.3 Å². The van der Waals surface area contributed by atoms with Crippen molar-refractivity contribution in [3.8, 4) is 6.07 Å². The number of hydrogen-bond acceptors (Lipinski definition) is 4. The van der Waals surface area contributed by atoms with Gasteiger partial charge in [-0.1, -0.05) is 32.9 Å². The molecule has 0 aliphatic carbocycles. The summed E-state index contributed by atoms with van der Waals surface area (Å²) in [4.78, 5) is 24.2. The summed E-state index contributed by atoms with van der Waals surface area (Å²) in [5.74, 6) is -0.126.